The fourth-order valence-corrected chi connectivity index (χ4v) is 2.58. The molecule has 1 aromatic carbocycles. The van der Waals surface area contributed by atoms with Gasteiger partial charge in [-0.25, -0.2) is 0 Å². The molecule has 2 aromatic rings. The third kappa shape index (κ3) is 3.59. The first-order chi connectivity index (χ1) is 9.61. The number of rotatable bonds is 5. The second-order valence-electron chi connectivity index (χ2n) is 5.07. The molecule has 0 radical (unpaired) electrons. The van der Waals surface area contributed by atoms with Gasteiger partial charge in [-0.05, 0) is 56.1 Å². The highest BCUT2D eigenvalue weighted by molar-refractivity contribution is 6.30. The highest BCUT2D eigenvalue weighted by Crippen LogP contribution is 2.26. The van der Waals surface area contributed by atoms with Gasteiger partial charge in [0.05, 0.1) is 6.04 Å². The molecule has 1 heterocycles. The first-order valence-corrected chi connectivity index (χ1v) is 7.42. The van der Waals surface area contributed by atoms with Crippen LogP contribution in [-0.2, 0) is 0 Å². The molecule has 0 aliphatic rings. The molecule has 3 heteroatoms. The van der Waals surface area contributed by atoms with Gasteiger partial charge in [-0.15, -0.1) is 0 Å². The Labute approximate surface area is 126 Å². The van der Waals surface area contributed by atoms with E-state index in [1.54, 1.807) is 0 Å². The average Bonchev–Trinajstić information content (AvgIpc) is 2.41. The van der Waals surface area contributed by atoms with Crippen LogP contribution < -0.4 is 5.32 Å². The molecule has 0 saturated carbocycles. The largest absolute Gasteiger partial charge is 0.306 e. The zero-order valence-electron chi connectivity index (χ0n) is 12.3. The normalized spacial score (nSPS) is 12.4. The summed E-state index contributed by atoms with van der Waals surface area (Å²) in [5.74, 6) is 0. The number of nitrogens with zero attached hydrogens (tertiary/aromatic N) is 1. The second-order valence-corrected chi connectivity index (χ2v) is 5.51. The van der Waals surface area contributed by atoms with Crippen LogP contribution in [0.5, 0.6) is 0 Å². The number of pyridine rings is 1. The van der Waals surface area contributed by atoms with Crippen LogP contribution in [0, 0.1) is 13.8 Å². The van der Waals surface area contributed by atoms with Crippen molar-refractivity contribution in [1.29, 1.82) is 0 Å². The number of halogens is 1. The molecule has 0 aliphatic carbocycles. The van der Waals surface area contributed by atoms with Crippen molar-refractivity contribution in [3.05, 3.63) is 63.9 Å². The Kier molecular flexibility index (Phi) is 5.16. The number of hydrogen-bond acceptors (Lipinski definition) is 2. The van der Waals surface area contributed by atoms with Crippen molar-refractivity contribution in [2.45, 2.75) is 33.2 Å². The zero-order valence-corrected chi connectivity index (χ0v) is 13.0. The van der Waals surface area contributed by atoms with Gasteiger partial charge in [-0.1, -0.05) is 36.7 Å². The molecule has 1 unspecified atom stereocenters. The van der Waals surface area contributed by atoms with Gasteiger partial charge in [-0.2, -0.15) is 0 Å². The molecule has 0 amide bonds. The molecule has 0 aliphatic heterocycles. The summed E-state index contributed by atoms with van der Waals surface area (Å²) in [6.45, 7) is 7.21. The van der Waals surface area contributed by atoms with E-state index in [4.69, 9.17) is 11.6 Å². The number of aryl methyl sites for hydroxylation is 2. The topological polar surface area (TPSA) is 24.9 Å². The van der Waals surface area contributed by atoms with Gasteiger partial charge in [0.15, 0.2) is 0 Å². The van der Waals surface area contributed by atoms with E-state index in [-0.39, 0.29) is 6.04 Å². The van der Waals surface area contributed by atoms with E-state index in [0.29, 0.717) is 0 Å². The first kappa shape index (κ1) is 15.0. The van der Waals surface area contributed by atoms with Crippen molar-refractivity contribution in [2.75, 3.05) is 6.54 Å². The molecule has 1 aromatic heterocycles. The summed E-state index contributed by atoms with van der Waals surface area (Å²) in [5.41, 5.74) is 4.51. The fourth-order valence-electron chi connectivity index (χ4n) is 2.38. The third-order valence-corrected chi connectivity index (χ3v) is 3.59. The summed E-state index contributed by atoms with van der Waals surface area (Å²) in [5, 5.41) is 4.36. The Morgan fingerprint density at radius 2 is 2.00 bits per heavy atom. The summed E-state index contributed by atoms with van der Waals surface area (Å²) in [4.78, 5) is 4.58. The van der Waals surface area contributed by atoms with Gasteiger partial charge in [-0.3, -0.25) is 4.98 Å². The summed E-state index contributed by atoms with van der Waals surface area (Å²) < 4.78 is 0. The molecule has 2 nitrogen and oxygen atoms in total. The number of aromatic nitrogens is 1. The Morgan fingerprint density at radius 1 is 1.20 bits per heavy atom. The summed E-state index contributed by atoms with van der Waals surface area (Å²) >= 11 is 6.13. The quantitative estimate of drug-likeness (QED) is 0.880. The van der Waals surface area contributed by atoms with Crippen LogP contribution in [0.25, 0.3) is 0 Å². The van der Waals surface area contributed by atoms with Gasteiger partial charge >= 0.3 is 0 Å². The minimum Gasteiger partial charge on any atom is -0.306 e. The molecule has 106 valence electrons. The van der Waals surface area contributed by atoms with Crippen LogP contribution in [-0.4, -0.2) is 11.5 Å². The second kappa shape index (κ2) is 6.87. The van der Waals surface area contributed by atoms with Gasteiger partial charge in [0.1, 0.15) is 0 Å². The molecule has 0 fully saturated rings. The summed E-state index contributed by atoms with van der Waals surface area (Å²) in [6, 6.07) is 12.4. The maximum absolute atomic E-state index is 6.13. The lowest BCUT2D eigenvalue weighted by molar-refractivity contribution is 0.594. The molecule has 0 spiro atoms. The van der Waals surface area contributed by atoms with E-state index >= 15 is 0 Å². The Balaban J connectivity index is 2.41. The maximum atomic E-state index is 6.13. The highest BCUT2D eigenvalue weighted by Gasteiger charge is 2.16. The summed E-state index contributed by atoms with van der Waals surface area (Å²) in [6.07, 6.45) is 1.09. The van der Waals surface area contributed by atoms with E-state index < -0.39 is 0 Å². The minimum atomic E-state index is 0.141. The average molecular weight is 289 g/mol. The molecule has 1 N–H and O–H groups in total. The maximum Gasteiger partial charge on any atom is 0.0595 e. The van der Waals surface area contributed by atoms with Crippen LogP contribution >= 0.6 is 11.6 Å². The van der Waals surface area contributed by atoms with E-state index in [0.717, 1.165) is 29.4 Å². The minimum absolute atomic E-state index is 0.141. The van der Waals surface area contributed by atoms with E-state index in [1.807, 2.05) is 25.1 Å². The van der Waals surface area contributed by atoms with Gasteiger partial charge < -0.3 is 5.32 Å². The van der Waals surface area contributed by atoms with Gasteiger partial charge in [0.2, 0.25) is 0 Å². The number of nitrogens with one attached hydrogen (secondary N) is 1. The molecule has 1 atom stereocenters. The Morgan fingerprint density at radius 3 is 2.65 bits per heavy atom. The zero-order chi connectivity index (χ0) is 14.5. The Hall–Kier alpha value is -1.38. The molecular weight excluding hydrogens is 268 g/mol. The highest BCUT2D eigenvalue weighted by atomic mass is 35.5. The van der Waals surface area contributed by atoms with Gasteiger partial charge in [0.25, 0.3) is 0 Å². The standard InChI is InChI=1S/C17H21ClN2/c1-4-10-19-17(14-6-5-7-15(18)11-14)16-9-8-12(2)20-13(16)3/h5-9,11,17,19H,4,10H2,1-3H3. The molecule has 0 saturated heterocycles. The smallest absolute Gasteiger partial charge is 0.0595 e. The van der Waals surface area contributed by atoms with E-state index in [9.17, 15) is 0 Å². The van der Waals surface area contributed by atoms with Crippen molar-refractivity contribution in [2.24, 2.45) is 0 Å². The lowest BCUT2D eigenvalue weighted by Gasteiger charge is -2.21. The van der Waals surface area contributed by atoms with E-state index in [2.05, 4.69) is 42.3 Å². The summed E-state index contributed by atoms with van der Waals surface area (Å²) in [7, 11) is 0. The SMILES string of the molecule is CCCNC(c1cccc(Cl)c1)c1ccc(C)nc1C. The lowest BCUT2D eigenvalue weighted by Crippen LogP contribution is -2.24. The molecule has 2 rings (SSSR count). The van der Waals surface area contributed by atoms with Crippen molar-refractivity contribution in [3.63, 3.8) is 0 Å². The predicted molar refractivity (Wildman–Crippen MR) is 85.3 cm³/mol. The molecular formula is C17H21ClN2. The molecule has 20 heavy (non-hydrogen) atoms. The van der Waals surface area contributed by atoms with Crippen LogP contribution in [0.1, 0.15) is 41.9 Å². The van der Waals surface area contributed by atoms with Gasteiger partial charge in [0, 0.05) is 16.4 Å². The number of benzene rings is 1. The van der Waals surface area contributed by atoms with Crippen molar-refractivity contribution >= 4 is 11.6 Å². The fraction of sp³-hybridized carbons (Fsp3) is 0.353. The lowest BCUT2D eigenvalue weighted by atomic mass is 9.97. The van der Waals surface area contributed by atoms with Crippen molar-refractivity contribution < 1.29 is 0 Å². The monoisotopic (exact) mass is 288 g/mol. The van der Waals surface area contributed by atoms with Crippen molar-refractivity contribution in [3.8, 4) is 0 Å². The molecule has 0 bridgehead atoms. The van der Waals surface area contributed by atoms with Crippen LogP contribution in [0.15, 0.2) is 36.4 Å². The third-order valence-electron chi connectivity index (χ3n) is 3.36. The van der Waals surface area contributed by atoms with Crippen LogP contribution in [0.3, 0.4) is 0 Å². The number of hydrogen-bond donors (Lipinski definition) is 1. The van der Waals surface area contributed by atoms with Crippen LogP contribution in [0.4, 0.5) is 0 Å². The Bertz CT molecular complexity index is 581. The first-order valence-electron chi connectivity index (χ1n) is 7.04. The predicted octanol–water partition coefficient (Wildman–Crippen LogP) is 4.44. The van der Waals surface area contributed by atoms with E-state index in [1.165, 1.54) is 11.1 Å². The van der Waals surface area contributed by atoms with Crippen LogP contribution in [0.2, 0.25) is 5.02 Å². The van der Waals surface area contributed by atoms with Crippen molar-refractivity contribution in [1.82, 2.24) is 10.3 Å².